The van der Waals surface area contributed by atoms with Gasteiger partial charge in [-0.1, -0.05) is 0 Å². The molecule has 8 heteroatoms. The number of hydrazone groups is 1. The fraction of sp³-hybridized carbons (Fsp3) is 0.333. The number of hydrogen-bond acceptors (Lipinski definition) is 4. The molecule has 0 aromatic carbocycles. The molecule has 0 saturated heterocycles. The first-order valence-electron chi connectivity index (χ1n) is 3.50. The number of nitrogens with zero attached hydrogens (tertiary/aromatic N) is 1. The zero-order valence-electron chi connectivity index (χ0n) is 7.06. The molecular weight excluding hydrogens is 210 g/mol. The number of hydrogen-bond donors (Lipinski definition) is 4. The standard InChI is InChI=1S/C6H9N3O4S/c7-6(14)9-8-3(5(12)13)1-2-4(10)11/h1-2H2,(H,10,11)(H,12,13)(H3,7,9,14)/b8-3-. The van der Waals surface area contributed by atoms with E-state index in [2.05, 4.69) is 22.7 Å². The van der Waals surface area contributed by atoms with Crippen molar-refractivity contribution in [2.24, 2.45) is 10.8 Å². The van der Waals surface area contributed by atoms with Crippen molar-refractivity contribution < 1.29 is 19.8 Å². The van der Waals surface area contributed by atoms with Crippen LogP contribution in [0.5, 0.6) is 0 Å². The van der Waals surface area contributed by atoms with E-state index in [1.165, 1.54) is 0 Å². The second-order valence-corrected chi connectivity index (χ2v) is 2.67. The molecule has 7 nitrogen and oxygen atoms in total. The van der Waals surface area contributed by atoms with E-state index in [0.717, 1.165) is 0 Å². The second kappa shape index (κ2) is 5.86. The summed E-state index contributed by atoms with van der Waals surface area (Å²) < 4.78 is 0. The zero-order chi connectivity index (χ0) is 11.1. The Morgan fingerprint density at radius 2 is 1.93 bits per heavy atom. The Balaban J connectivity index is 4.29. The molecule has 0 aromatic heterocycles. The highest BCUT2D eigenvalue weighted by Crippen LogP contribution is 1.93. The fourth-order valence-electron chi connectivity index (χ4n) is 0.559. The van der Waals surface area contributed by atoms with Crippen LogP contribution in [0.3, 0.4) is 0 Å². The predicted molar refractivity (Wildman–Crippen MR) is 51.9 cm³/mol. The van der Waals surface area contributed by atoms with Crippen LogP contribution in [0.25, 0.3) is 0 Å². The zero-order valence-corrected chi connectivity index (χ0v) is 7.87. The van der Waals surface area contributed by atoms with Gasteiger partial charge in [-0.15, -0.1) is 0 Å². The number of nitrogens with one attached hydrogen (secondary N) is 1. The van der Waals surface area contributed by atoms with Gasteiger partial charge in [-0.25, -0.2) is 4.79 Å². The van der Waals surface area contributed by atoms with Crippen LogP contribution in [0.15, 0.2) is 5.10 Å². The summed E-state index contributed by atoms with van der Waals surface area (Å²) in [5, 5.41) is 20.0. The first-order chi connectivity index (χ1) is 6.43. The molecule has 0 aliphatic heterocycles. The van der Waals surface area contributed by atoms with Gasteiger partial charge in [0.05, 0.1) is 6.42 Å². The van der Waals surface area contributed by atoms with Crippen LogP contribution < -0.4 is 11.2 Å². The molecule has 0 spiro atoms. The summed E-state index contributed by atoms with van der Waals surface area (Å²) in [5.74, 6) is -2.41. The lowest BCUT2D eigenvalue weighted by molar-refractivity contribution is -0.136. The molecule has 78 valence electrons. The average molecular weight is 219 g/mol. The lowest BCUT2D eigenvalue weighted by Gasteiger charge is -1.99. The molecule has 0 rings (SSSR count). The van der Waals surface area contributed by atoms with Crippen molar-refractivity contribution in [3.8, 4) is 0 Å². The molecule has 0 aliphatic carbocycles. The maximum Gasteiger partial charge on any atom is 0.352 e. The Bertz CT molecular complexity index is 289. The van der Waals surface area contributed by atoms with Crippen LogP contribution in [0, 0.1) is 0 Å². The van der Waals surface area contributed by atoms with Crippen LogP contribution in [0.2, 0.25) is 0 Å². The highest BCUT2D eigenvalue weighted by molar-refractivity contribution is 7.80. The molecule has 0 saturated carbocycles. The third kappa shape index (κ3) is 5.89. The van der Waals surface area contributed by atoms with E-state index in [9.17, 15) is 9.59 Å². The van der Waals surface area contributed by atoms with Gasteiger partial charge in [-0.3, -0.25) is 10.2 Å². The van der Waals surface area contributed by atoms with Crippen molar-refractivity contribution in [2.45, 2.75) is 12.8 Å². The molecule has 0 aromatic rings. The summed E-state index contributed by atoms with van der Waals surface area (Å²) in [4.78, 5) is 20.6. The minimum absolute atomic E-state index is 0.181. The van der Waals surface area contributed by atoms with Crippen LogP contribution in [0.4, 0.5) is 0 Å². The monoisotopic (exact) mass is 219 g/mol. The Hall–Kier alpha value is -1.70. The van der Waals surface area contributed by atoms with E-state index < -0.39 is 11.9 Å². The van der Waals surface area contributed by atoms with Crippen molar-refractivity contribution in [3.05, 3.63) is 0 Å². The van der Waals surface area contributed by atoms with Gasteiger partial charge in [0.2, 0.25) is 0 Å². The topological polar surface area (TPSA) is 125 Å². The number of carbonyl (C=O) groups is 2. The summed E-state index contributed by atoms with van der Waals surface area (Å²) in [6.07, 6.45) is -0.509. The Labute approximate surface area is 84.6 Å². The molecule has 0 radical (unpaired) electrons. The van der Waals surface area contributed by atoms with Crippen molar-refractivity contribution in [1.82, 2.24) is 5.43 Å². The van der Waals surface area contributed by atoms with Gasteiger partial charge in [0.25, 0.3) is 0 Å². The predicted octanol–water partition coefficient (Wildman–Crippen LogP) is -0.875. The molecule has 0 heterocycles. The van der Waals surface area contributed by atoms with E-state index >= 15 is 0 Å². The SMILES string of the molecule is NC(=S)N/N=C(/CCC(=O)O)C(=O)O. The van der Waals surface area contributed by atoms with Crippen LogP contribution in [-0.2, 0) is 9.59 Å². The summed E-state index contributed by atoms with van der Waals surface area (Å²) >= 11 is 4.39. The van der Waals surface area contributed by atoms with Gasteiger partial charge >= 0.3 is 11.9 Å². The summed E-state index contributed by atoms with van der Waals surface area (Å²) in [6, 6.07) is 0. The van der Waals surface area contributed by atoms with Gasteiger partial charge in [-0.2, -0.15) is 5.10 Å². The van der Waals surface area contributed by atoms with Crippen molar-refractivity contribution in [2.75, 3.05) is 0 Å². The number of aliphatic carboxylic acids is 2. The highest BCUT2D eigenvalue weighted by Gasteiger charge is 2.11. The van der Waals surface area contributed by atoms with Gasteiger partial charge in [0, 0.05) is 6.42 Å². The number of nitrogens with two attached hydrogens (primary N) is 1. The fourth-order valence-corrected chi connectivity index (χ4v) is 0.604. The number of carboxylic acid groups (broad SMARTS) is 2. The average Bonchev–Trinajstić information content (AvgIpc) is 2.02. The molecule has 0 fully saturated rings. The van der Waals surface area contributed by atoms with Crippen LogP contribution >= 0.6 is 12.2 Å². The molecule has 0 amide bonds. The third-order valence-corrected chi connectivity index (χ3v) is 1.21. The quantitative estimate of drug-likeness (QED) is 0.269. The van der Waals surface area contributed by atoms with Gasteiger partial charge in [-0.05, 0) is 12.2 Å². The molecule has 0 atom stereocenters. The molecule has 0 bridgehead atoms. The van der Waals surface area contributed by atoms with Crippen molar-refractivity contribution in [3.63, 3.8) is 0 Å². The summed E-state index contributed by atoms with van der Waals surface area (Å²) in [5.41, 5.74) is 6.74. The van der Waals surface area contributed by atoms with Crippen molar-refractivity contribution >= 4 is 35.0 Å². The number of carboxylic acids is 2. The van der Waals surface area contributed by atoms with E-state index in [-0.39, 0.29) is 23.7 Å². The largest absolute Gasteiger partial charge is 0.481 e. The Morgan fingerprint density at radius 3 is 2.29 bits per heavy atom. The van der Waals surface area contributed by atoms with Crippen LogP contribution in [0.1, 0.15) is 12.8 Å². The maximum absolute atomic E-state index is 10.5. The lowest BCUT2D eigenvalue weighted by Crippen LogP contribution is -2.27. The Morgan fingerprint density at radius 1 is 1.36 bits per heavy atom. The first-order valence-corrected chi connectivity index (χ1v) is 3.91. The highest BCUT2D eigenvalue weighted by atomic mass is 32.1. The van der Waals surface area contributed by atoms with E-state index in [4.69, 9.17) is 15.9 Å². The van der Waals surface area contributed by atoms with Gasteiger partial charge in [0.15, 0.2) is 5.11 Å². The first kappa shape index (κ1) is 12.3. The molecular formula is C6H9N3O4S. The van der Waals surface area contributed by atoms with E-state index in [1.54, 1.807) is 0 Å². The minimum Gasteiger partial charge on any atom is -0.481 e. The van der Waals surface area contributed by atoms with Crippen molar-refractivity contribution in [1.29, 1.82) is 0 Å². The van der Waals surface area contributed by atoms with E-state index in [0.29, 0.717) is 0 Å². The molecule has 5 N–H and O–H groups in total. The second-order valence-electron chi connectivity index (χ2n) is 2.23. The van der Waals surface area contributed by atoms with Gasteiger partial charge < -0.3 is 15.9 Å². The van der Waals surface area contributed by atoms with E-state index in [1.807, 2.05) is 0 Å². The molecule has 14 heavy (non-hydrogen) atoms. The maximum atomic E-state index is 10.5. The third-order valence-electron chi connectivity index (χ3n) is 1.12. The Kier molecular flexibility index (Phi) is 5.15. The minimum atomic E-state index is -1.31. The summed E-state index contributed by atoms with van der Waals surface area (Å²) in [7, 11) is 0. The lowest BCUT2D eigenvalue weighted by atomic mass is 10.2. The smallest absolute Gasteiger partial charge is 0.352 e. The number of thiocarbonyl (C=S) groups is 1. The van der Waals surface area contributed by atoms with Crippen LogP contribution in [-0.4, -0.2) is 33.0 Å². The molecule has 0 aliphatic rings. The summed E-state index contributed by atoms with van der Waals surface area (Å²) in [6.45, 7) is 0. The van der Waals surface area contributed by atoms with Gasteiger partial charge in [0.1, 0.15) is 5.71 Å². The normalized spacial score (nSPS) is 10.7. The molecule has 0 unspecified atom stereocenters. The number of rotatable bonds is 5.